The van der Waals surface area contributed by atoms with Crippen molar-refractivity contribution in [2.24, 2.45) is 0 Å². The molecule has 162 valence electrons. The van der Waals surface area contributed by atoms with Gasteiger partial charge in [-0.05, 0) is 49.4 Å². The first-order valence-corrected chi connectivity index (χ1v) is 10.3. The van der Waals surface area contributed by atoms with E-state index in [4.69, 9.17) is 9.72 Å². The first-order chi connectivity index (χ1) is 16.0. The molecule has 2 heterocycles. The molecular weight excluding hydrogens is 418 g/mol. The van der Waals surface area contributed by atoms with E-state index < -0.39 is 5.97 Å². The number of nitrogens with one attached hydrogen (secondary N) is 1. The van der Waals surface area contributed by atoms with Gasteiger partial charge in [-0.1, -0.05) is 30.3 Å². The topological polar surface area (TPSA) is 98.5 Å². The van der Waals surface area contributed by atoms with Gasteiger partial charge in [0.15, 0.2) is 11.6 Å². The highest BCUT2D eigenvalue weighted by Gasteiger charge is 2.16. The Labute approximate surface area is 188 Å². The lowest BCUT2D eigenvalue weighted by atomic mass is 10.0. The van der Waals surface area contributed by atoms with Crippen molar-refractivity contribution >= 4 is 39.9 Å². The van der Waals surface area contributed by atoms with Gasteiger partial charge in [0.05, 0.1) is 23.7 Å². The number of esters is 1. The summed E-state index contributed by atoms with van der Waals surface area (Å²) in [7, 11) is 1.34. The van der Waals surface area contributed by atoms with Gasteiger partial charge in [0.25, 0.3) is 0 Å². The van der Waals surface area contributed by atoms with E-state index in [9.17, 15) is 9.59 Å². The third-order valence-electron chi connectivity index (χ3n) is 5.35. The fourth-order valence-corrected chi connectivity index (χ4v) is 3.70. The standard InChI is InChI=1S/C25H19N5O3/c1-15-28-29-24-23(26-19-11-8-17(9-12-19)25(32)33-2)27-20-13-10-18(14-21(20)30(15)24)22(31)16-6-4-3-5-7-16/h3-14H,1-2H3,(H,26,27). The normalized spacial score (nSPS) is 11.0. The predicted molar refractivity (Wildman–Crippen MR) is 124 cm³/mol. The number of hydrogen-bond donors (Lipinski definition) is 1. The van der Waals surface area contributed by atoms with Crippen LogP contribution in [0.4, 0.5) is 11.5 Å². The summed E-state index contributed by atoms with van der Waals surface area (Å²) >= 11 is 0. The van der Waals surface area contributed by atoms with Gasteiger partial charge in [-0.25, -0.2) is 9.78 Å². The zero-order chi connectivity index (χ0) is 22.9. The van der Waals surface area contributed by atoms with E-state index in [1.165, 1.54) is 7.11 Å². The van der Waals surface area contributed by atoms with Crippen molar-refractivity contribution in [2.75, 3.05) is 12.4 Å². The van der Waals surface area contributed by atoms with Gasteiger partial charge in [-0.2, -0.15) is 0 Å². The number of carbonyl (C=O) groups is 2. The van der Waals surface area contributed by atoms with Crippen LogP contribution in [0, 0.1) is 6.92 Å². The van der Waals surface area contributed by atoms with Crippen LogP contribution in [0.2, 0.25) is 0 Å². The van der Waals surface area contributed by atoms with E-state index in [1.54, 1.807) is 42.5 Å². The third kappa shape index (κ3) is 3.67. The molecule has 5 rings (SSSR count). The van der Waals surface area contributed by atoms with E-state index in [1.807, 2.05) is 41.7 Å². The van der Waals surface area contributed by atoms with Gasteiger partial charge in [-0.3, -0.25) is 9.20 Å². The molecule has 0 saturated heterocycles. The van der Waals surface area contributed by atoms with Crippen LogP contribution in [0.15, 0.2) is 72.8 Å². The molecular formula is C25H19N5O3. The number of hydrogen-bond acceptors (Lipinski definition) is 7. The molecule has 33 heavy (non-hydrogen) atoms. The molecule has 0 aliphatic heterocycles. The third-order valence-corrected chi connectivity index (χ3v) is 5.35. The van der Waals surface area contributed by atoms with Crippen molar-refractivity contribution in [1.82, 2.24) is 19.6 Å². The van der Waals surface area contributed by atoms with Gasteiger partial charge in [0.1, 0.15) is 5.82 Å². The lowest BCUT2D eigenvalue weighted by molar-refractivity contribution is 0.0600. The largest absolute Gasteiger partial charge is 0.465 e. The van der Waals surface area contributed by atoms with Crippen LogP contribution in [0.3, 0.4) is 0 Å². The number of anilines is 2. The monoisotopic (exact) mass is 437 g/mol. The molecule has 0 fully saturated rings. The number of aryl methyl sites for hydroxylation is 1. The van der Waals surface area contributed by atoms with E-state index in [-0.39, 0.29) is 5.78 Å². The summed E-state index contributed by atoms with van der Waals surface area (Å²) in [5.74, 6) is 0.716. The quantitative estimate of drug-likeness (QED) is 0.322. The van der Waals surface area contributed by atoms with Crippen LogP contribution < -0.4 is 5.32 Å². The average Bonchev–Trinajstić information content (AvgIpc) is 3.26. The molecule has 0 atom stereocenters. The molecule has 0 aliphatic carbocycles. The Balaban J connectivity index is 1.57. The highest BCUT2D eigenvalue weighted by molar-refractivity contribution is 6.10. The van der Waals surface area contributed by atoms with Crippen molar-refractivity contribution < 1.29 is 14.3 Å². The lowest BCUT2D eigenvalue weighted by Crippen LogP contribution is -2.05. The molecule has 2 aromatic heterocycles. The Morgan fingerprint density at radius 1 is 0.879 bits per heavy atom. The highest BCUT2D eigenvalue weighted by Crippen LogP contribution is 2.26. The van der Waals surface area contributed by atoms with Crippen LogP contribution in [0.1, 0.15) is 32.1 Å². The molecule has 1 N–H and O–H groups in total. The minimum Gasteiger partial charge on any atom is -0.465 e. The Kier molecular flexibility index (Phi) is 5.02. The number of aromatic nitrogens is 4. The molecule has 0 saturated carbocycles. The van der Waals surface area contributed by atoms with E-state index in [2.05, 4.69) is 15.5 Å². The van der Waals surface area contributed by atoms with Crippen LogP contribution in [0.25, 0.3) is 16.7 Å². The summed E-state index contributed by atoms with van der Waals surface area (Å²) in [4.78, 5) is 29.3. The van der Waals surface area contributed by atoms with Gasteiger partial charge >= 0.3 is 5.97 Å². The molecule has 0 unspecified atom stereocenters. The fraction of sp³-hybridized carbons (Fsp3) is 0.0800. The maximum absolute atomic E-state index is 12.9. The van der Waals surface area contributed by atoms with Crippen LogP contribution in [-0.2, 0) is 4.74 Å². The molecule has 8 heteroatoms. The van der Waals surface area contributed by atoms with Crippen LogP contribution in [0.5, 0.6) is 0 Å². The van der Waals surface area contributed by atoms with E-state index in [0.717, 1.165) is 11.2 Å². The SMILES string of the molecule is COC(=O)c1ccc(Nc2nc3ccc(C(=O)c4ccccc4)cc3n3c(C)nnc23)cc1. The summed E-state index contributed by atoms with van der Waals surface area (Å²) in [5.41, 5.74) is 4.31. The Morgan fingerprint density at radius 3 is 2.33 bits per heavy atom. The minimum atomic E-state index is -0.401. The van der Waals surface area contributed by atoms with Crippen LogP contribution >= 0.6 is 0 Å². The highest BCUT2D eigenvalue weighted by atomic mass is 16.5. The Morgan fingerprint density at radius 2 is 1.61 bits per heavy atom. The molecule has 0 radical (unpaired) electrons. The molecule has 5 aromatic rings. The second-order valence-corrected chi connectivity index (χ2v) is 7.46. The number of rotatable bonds is 5. The molecule has 0 amide bonds. The van der Waals surface area contributed by atoms with E-state index >= 15 is 0 Å². The summed E-state index contributed by atoms with van der Waals surface area (Å²) < 4.78 is 6.61. The maximum atomic E-state index is 12.9. The average molecular weight is 437 g/mol. The first kappa shape index (κ1) is 20.3. The number of ether oxygens (including phenoxy) is 1. The van der Waals surface area contributed by atoms with Gasteiger partial charge in [0.2, 0.25) is 5.65 Å². The summed E-state index contributed by atoms with van der Waals surface area (Å²) in [6.45, 7) is 1.85. The second kappa shape index (κ2) is 8.16. The predicted octanol–water partition coefficient (Wildman–Crippen LogP) is 4.35. The molecule has 0 bridgehead atoms. The maximum Gasteiger partial charge on any atom is 0.337 e. The van der Waals surface area contributed by atoms with Crippen molar-refractivity contribution in [2.45, 2.75) is 6.92 Å². The van der Waals surface area contributed by atoms with Gasteiger partial charge in [-0.15, -0.1) is 10.2 Å². The zero-order valence-electron chi connectivity index (χ0n) is 17.9. The minimum absolute atomic E-state index is 0.0655. The van der Waals surface area contributed by atoms with Gasteiger partial charge in [0, 0.05) is 16.8 Å². The summed E-state index contributed by atoms with van der Waals surface area (Å²) in [5, 5.41) is 11.7. The second-order valence-electron chi connectivity index (χ2n) is 7.46. The van der Waals surface area contributed by atoms with Gasteiger partial charge < -0.3 is 10.1 Å². The van der Waals surface area contributed by atoms with Crippen molar-refractivity contribution in [1.29, 1.82) is 0 Å². The number of methoxy groups -OCH3 is 1. The summed E-state index contributed by atoms with van der Waals surface area (Å²) in [6.07, 6.45) is 0. The lowest BCUT2D eigenvalue weighted by Gasteiger charge is -2.11. The molecule has 0 aliphatic rings. The summed E-state index contributed by atoms with van der Waals surface area (Å²) in [6, 6.07) is 21.4. The number of fused-ring (bicyclic) bond motifs is 3. The van der Waals surface area contributed by atoms with Crippen molar-refractivity contribution in [3.05, 3.63) is 95.3 Å². The number of nitrogens with zero attached hydrogens (tertiary/aromatic N) is 4. The van der Waals surface area contributed by atoms with E-state index in [0.29, 0.717) is 39.5 Å². The van der Waals surface area contributed by atoms with Crippen molar-refractivity contribution in [3.8, 4) is 0 Å². The zero-order valence-corrected chi connectivity index (χ0v) is 17.9. The number of benzene rings is 3. The van der Waals surface area contributed by atoms with Crippen molar-refractivity contribution in [3.63, 3.8) is 0 Å². The molecule has 8 nitrogen and oxygen atoms in total. The Bertz CT molecular complexity index is 1510. The van der Waals surface area contributed by atoms with Crippen LogP contribution in [-0.4, -0.2) is 38.4 Å². The molecule has 3 aromatic carbocycles. The number of ketones is 1. The Hall–Kier alpha value is -4.59. The molecule has 0 spiro atoms. The first-order valence-electron chi connectivity index (χ1n) is 10.3. The fourth-order valence-electron chi connectivity index (χ4n) is 3.70. The smallest absolute Gasteiger partial charge is 0.337 e. The number of carbonyl (C=O) groups excluding carboxylic acids is 2.